The Morgan fingerprint density at radius 3 is 2.61 bits per heavy atom. The predicted molar refractivity (Wildman–Crippen MR) is 132 cm³/mol. The van der Waals surface area contributed by atoms with Crippen LogP contribution in [0.3, 0.4) is 0 Å². The first-order chi connectivity index (χ1) is 20.0. The summed E-state index contributed by atoms with van der Waals surface area (Å²) in [6.45, 7) is -0.827. The van der Waals surface area contributed by atoms with Crippen LogP contribution in [0.2, 0.25) is 0 Å². The zero-order chi connectivity index (χ0) is 32.3. The van der Waals surface area contributed by atoms with Gasteiger partial charge < -0.3 is 65.9 Å². The summed E-state index contributed by atoms with van der Waals surface area (Å²) in [5.41, 5.74) is 14.0. The second-order valence-electron chi connectivity index (χ2n) is 9.71. The number of carbonyl (C=O) groups is 3. The quantitative estimate of drug-likeness (QED) is 0.0308. The number of rotatable bonds is 12. The van der Waals surface area contributed by atoms with Crippen LogP contribution in [0.25, 0.3) is 10.4 Å². The molecule has 0 aromatic carbocycles. The van der Waals surface area contributed by atoms with Crippen molar-refractivity contribution in [1.29, 1.82) is 0 Å². The number of amides is 3. The molecule has 0 bridgehead atoms. The molecule has 0 aromatic rings. The van der Waals surface area contributed by atoms with E-state index in [-0.39, 0.29) is 29.6 Å². The number of ether oxygens (including phenoxy) is 2. The Balaban J connectivity index is 0.00000675. The average molecular weight is 663 g/mol. The van der Waals surface area contributed by atoms with Crippen molar-refractivity contribution in [1.82, 2.24) is 15.5 Å². The molecule has 3 aliphatic rings. The number of nitrogens with one attached hydrogen (secondary N) is 2. The Labute approximate surface area is 270 Å². The molecule has 0 aliphatic carbocycles. The smallest absolute Gasteiger partial charge is 0.756 e. The van der Waals surface area contributed by atoms with Crippen LogP contribution in [-0.4, -0.2) is 134 Å². The molecule has 0 saturated carbocycles. The Hall–Kier alpha value is -1.95. The van der Waals surface area contributed by atoms with Crippen LogP contribution in [0.15, 0.2) is 17.4 Å². The van der Waals surface area contributed by atoms with Gasteiger partial charge in [-0.1, -0.05) is 5.11 Å². The largest absolute Gasteiger partial charge is 1.00 e. The predicted octanol–water partition coefficient (Wildman–Crippen LogP) is -7.77. The third-order valence-electron chi connectivity index (χ3n) is 6.58. The number of azide groups is 1. The number of nitrogens with two attached hydrogens (primary N) is 1. The van der Waals surface area contributed by atoms with Gasteiger partial charge in [-0.3, -0.25) is 18.8 Å². The van der Waals surface area contributed by atoms with Gasteiger partial charge in [-0.25, -0.2) is 9.59 Å². The zero-order valence-corrected chi connectivity index (χ0v) is 26.1. The minimum Gasteiger partial charge on any atom is -0.756 e. The van der Waals surface area contributed by atoms with Crippen molar-refractivity contribution in [2.75, 3.05) is 13.2 Å². The maximum atomic E-state index is 12.8. The second-order valence-corrected chi connectivity index (χ2v) is 11.0. The number of hydrogen-bond acceptors (Lipinski definition) is 16. The standard InChI is InChI=1S/C20H32N7O15P.Na/c1-7(28)24-12-8(29)4-20(18(34)35,41-16(12)13(31)9(30)5-23-26-22)42-43(37,38)39-6-10-14(32)15(33)17(40-10)27-3-2-11(21)25-19(27)36;/h2-3,8-17,29-33H,4-6,21H2,1H3,(H,24,28)(H,25,36)(H,34,35)(H,37,38);/q;+1/p-1/t8-,9+,10+,11?,12+,13+,14+,15+,16+,17+,20+;/m0./s1. The topological polar surface area (TPSA) is 352 Å². The van der Waals surface area contributed by atoms with Gasteiger partial charge in [-0.2, -0.15) is 0 Å². The second kappa shape index (κ2) is 15.6. The first-order valence-corrected chi connectivity index (χ1v) is 13.9. The number of urea groups is 1. The molecule has 2 saturated heterocycles. The van der Waals surface area contributed by atoms with Gasteiger partial charge in [0.05, 0.1) is 37.6 Å². The molecule has 242 valence electrons. The van der Waals surface area contributed by atoms with Gasteiger partial charge in [-0.15, -0.1) is 0 Å². The normalized spacial score (nSPS) is 36.2. The fourth-order valence-corrected chi connectivity index (χ4v) is 5.47. The molecular formula is C20H31N7NaO15P. The van der Waals surface area contributed by atoms with Crippen LogP contribution in [0, 0.1) is 0 Å². The van der Waals surface area contributed by atoms with Gasteiger partial charge in [0, 0.05) is 24.5 Å². The Bertz CT molecular complexity index is 1200. The van der Waals surface area contributed by atoms with Crippen molar-refractivity contribution in [3.05, 3.63) is 22.7 Å². The van der Waals surface area contributed by atoms with Crippen LogP contribution < -0.4 is 50.8 Å². The van der Waals surface area contributed by atoms with Gasteiger partial charge in [0.25, 0.3) is 13.6 Å². The molecular weight excluding hydrogens is 632 g/mol. The fraction of sp³-hybridized carbons (Fsp3) is 0.750. The molecule has 3 amide bonds. The average Bonchev–Trinajstić information content (AvgIpc) is 3.19. The number of aliphatic hydroxyl groups excluding tert-OH is 5. The van der Waals surface area contributed by atoms with Crippen molar-refractivity contribution in [2.24, 2.45) is 10.8 Å². The maximum Gasteiger partial charge on any atom is 1.00 e. The van der Waals surface area contributed by atoms with E-state index >= 15 is 0 Å². The summed E-state index contributed by atoms with van der Waals surface area (Å²) in [4.78, 5) is 52.1. The molecule has 22 nitrogen and oxygen atoms in total. The first-order valence-electron chi connectivity index (χ1n) is 12.5. The van der Waals surface area contributed by atoms with Crippen molar-refractivity contribution in [3.8, 4) is 0 Å². The molecule has 44 heavy (non-hydrogen) atoms. The number of aliphatic hydroxyl groups is 5. The summed E-state index contributed by atoms with van der Waals surface area (Å²) >= 11 is 0. The van der Waals surface area contributed by atoms with E-state index in [9.17, 15) is 54.5 Å². The minimum absolute atomic E-state index is 0. The number of carboxylic acids is 1. The summed E-state index contributed by atoms with van der Waals surface area (Å²) in [7, 11) is -5.78. The van der Waals surface area contributed by atoms with E-state index in [0.717, 1.165) is 11.8 Å². The number of aliphatic carboxylic acids is 1. The van der Waals surface area contributed by atoms with Crippen molar-refractivity contribution in [2.45, 2.75) is 80.3 Å². The van der Waals surface area contributed by atoms with Gasteiger partial charge in [0.1, 0.15) is 30.5 Å². The third kappa shape index (κ3) is 8.85. The molecule has 10 N–H and O–H groups in total. The molecule has 2 unspecified atom stereocenters. The maximum absolute atomic E-state index is 12.8. The van der Waals surface area contributed by atoms with E-state index in [0.29, 0.717) is 0 Å². The Kier molecular flexibility index (Phi) is 13.5. The summed E-state index contributed by atoms with van der Waals surface area (Å²) in [6, 6.07) is -2.41. The summed E-state index contributed by atoms with van der Waals surface area (Å²) in [5.74, 6) is -6.21. The number of hydrogen-bond donors (Lipinski definition) is 9. The molecule has 0 spiro atoms. The Morgan fingerprint density at radius 1 is 1.39 bits per heavy atom. The van der Waals surface area contributed by atoms with E-state index in [1.165, 1.54) is 12.3 Å². The van der Waals surface area contributed by atoms with E-state index < -0.39 is 112 Å². The van der Waals surface area contributed by atoms with Crippen LogP contribution in [0.4, 0.5) is 4.79 Å². The molecule has 3 heterocycles. The van der Waals surface area contributed by atoms with Gasteiger partial charge in [0.15, 0.2) is 6.23 Å². The summed E-state index contributed by atoms with van der Waals surface area (Å²) < 4.78 is 32.8. The number of phosphoric acid groups is 1. The monoisotopic (exact) mass is 663 g/mol. The summed E-state index contributed by atoms with van der Waals surface area (Å²) in [5, 5.41) is 69.5. The van der Waals surface area contributed by atoms with Crippen LogP contribution in [-0.2, 0) is 32.7 Å². The molecule has 24 heteroatoms. The van der Waals surface area contributed by atoms with Gasteiger partial charge in [0.2, 0.25) is 5.91 Å². The molecule has 0 aromatic heterocycles. The zero-order valence-electron chi connectivity index (χ0n) is 23.2. The van der Waals surface area contributed by atoms with E-state index in [1.807, 2.05) is 0 Å². The van der Waals surface area contributed by atoms with Gasteiger partial charge >= 0.3 is 41.6 Å². The van der Waals surface area contributed by atoms with Crippen molar-refractivity contribution >= 4 is 25.7 Å². The minimum atomic E-state index is -5.78. The van der Waals surface area contributed by atoms with E-state index in [1.54, 1.807) is 0 Å². The molecule has 2 fully saturated rings. The third-order valence-corrected chi connectivity index (χ3v) is 7.56. The van der Waals surface area contributed by atoms with Crippen molar-refractivity contribution < 1.29 is 103 Å². The first kappa shape index (κ1) is 38.2. The summed E-state index contributed by atoms with van der Waals surface area (Å²) in [6.07, 6.45) is -14.2. The number of carboxylic acid groups (broad SMARTS) is 1. The van der Waals surface area contributed by atoms with E-state index in [4.69, 9.17) is 25.3 Å². The van der Waals surface area contributed by atoms with Crippen molar-refractivity contribution in [3.63, 3.8) is 0 Å². The number of carbonyl (C=O) groups excluding carboxylic acids is 2. The number of phosphoric ester groups is 1. The van der Waals surface area contributed by atoms with Gasteiger partial charge in [-0.05, 0) is 11.6 Å². The molecule has 12 atom stereocenters. The molecule has 0 radical (unpaired) electrons. The molecule has 3 aliphatic heterocycles. The van der Waals surface area contributed by atoms with Crippen LogP contribution in [0.5, 0.6) is 0 Å². The fourth-order valence-electron chi connectivity index (χ4n) is 4.53. The van der Waals surface area contributed by atoms with E-state index in [2.05, 4.69) is 25.2 Å². The molecule has 3 rings (SSSR count). The van der Waals surface area contributed by atoms with Crippen LogP contribution in [0.1, 0.15) is 13.3 Å². The number of nitrogens with zero attached hydrogens (tertiary/aromatic N) is 4. The SMILES string of the molecule is CC(=O)N[C@H]1[C@H]([C@H](O)[C@H](O)CN=[N+]=[N-])O[C@](OP(=O)([O-])OC[C@H]2O[C@@H](N3C=CC(N)NC3=O)[C@H](O)[C@@H]2O)(C(=O)O)C[C@@H]1O.[Na+]. The van der Waals surface area contributed by atoms with Crippen LogP contribution >= 0.6 is 7.82 Å². The Morgan fingerprint density at radius 2 is 2.05 bits per heavy atom.